The molecule has 1 aliphatic heterocycles. The van der Waals surface area contributed by atoms with Gasteiger partial charge in [0.15, 0.2) is 6.10 Å². The number of benzene rings is 2. The molecule has 0 spiro atoms. The van der Waals surface area contributed by atoms with Crippen LogP contribution in [0.25, 0.3) is 0 Å². The molecule has 6 nitrogen and oxygen atoms in total. The quantitative estimate of drug-likeness (QED) is 0.737. The maximum atomic E-state index is 12.8. The number of anilines is 1. The molecule has 0 saturated carbocycles. The van der Waals surface area contributed by atoms with E-state index in [4.69, 9.17) is 16.3 Å². The molecule has 1 unspecified atom stereocenters. The number of ether oxygens (including phenoxy) is 1. The van der Waals surface area contributed by atoms with Crippen LogP contribution in [0.5, 0.6) is 5.75 Å². The van der Waals surface area contributed by atoms with Crippen LogP contribution in [0.2, 0.25) is 5.02 Å². The fourth-order valence-corrected chi connectivity index (χ4v) is 3.88. The zero-order valence-electron chi connectivity index (χ0n) is 18.6. The molecule has 166 valence electrons. The molecule has 1 fully saturated rings. The number of halogens is 1. The average molecular weight is 444 g/mol. The lowest BCUT2D eigenvalue weighted by Crippen LogP contribution is -2.53. The van der Waals surface area contributed by atoms with E-state index in [-0.39, 0.29) is 11.8 Å². The number of piperazine rings is 1. The first kappa shape index (κ1) is 23.1. The fraction of sp³-hybridized carbons (Fsp3) is 0.417. The van der Waals surface area contributed by atoms with Crippen molar-refractivity contribution in [1.29, 1.82) is 0 Å². The van der Waals surface area contributed by atoms with Crippen LogP contribution in [-0.4, -0.2) is 60.4 Å². The van der Waals surface area contributed by atoms with Crippen LogP contribution in [0, 0.1) is 20.8 Å². The SMILES string of the molecule is Cc1cc(Cl)ccc1OC(C)C(=O)N1CCN(CC(=O)Nc2cccc(C)c2C)CC1. The summed E-state index contributed by atoms with van der Waals surface area (Å²) in [6.45, 7) is 10.5. The summed E-state index contributed by atoms with van der Waals surface area (Å²) in [5.74, 6) is 0.573. The molecule has 2 amide bonds. The number of nitrogens with one attached hydrogen (secondary N) is 1. The molecule has 0 bridgehead atoms. The maximum absolute atomic E-state index is 12.8. The summed E-state index contributed by atoms with van der Waals surface area (Å²) in [6.07, 6.45) is -0.584. The van der Waals surface area contributed by atoms with Crippen molar-refractivity contribution in [3.63, 3.8) is 0 Å². The van der Waals surface area contributed by atoms with Gasteiger partial charge in [-0.1, -0.05) is 23.7 Å². The van der Waals surface area contributed by atoms with Gasteiger partial charge in [0.1, 0.15) is 5.75 Å². The summed E-state index contributed by atoms with van der Waals surface area (Å²) in [4.78, 5) is 29.1. The summed E-state index contributed by atoms with van der Waals surface area (Å²) in [5.41, 5.74) is 3.97. The Morgan fingerprint density at radius 1 is 1.06 bits per heavy atom. The lowest BCUT2D eigenvalue weighted by Gasteiger charge is -2.35. The molecule has 2 aromatic carbocycles. The molecular weight excluding hydrogens is 414 g/mol. The second kappa shape index (κ2) is 10.2. The zero-order valence-corrected chi connectivity index (χ0v) is 19.3. The van der Waals surface area contributed by atoms with Crippen molar-refractivity contribution in [2.45, 2.75) is 33.8 Å². The highest BCUT2D eigenvalue weighted by atomic mass is 35.5. The number of amides is 2. The molecule has 1 atom stereocenters. The minimum atomic E-state index is -0.584. The number of rotatable bonds is 6. The van der Waals surface area contributed by atoms with Gasteiger partial charge >= 0.3 is 0 Å². The fourth-order valence-electron chi connectivity index (χ4n) is 3.65. The number of carbonyl (C=O) groups is 2. The Morgan fingerprint density at radius 3 is 2.45 bits per heavy atom. The first-order valence-corrected chi connectivity index (χ1v) is 10.9. The van der Waals surface area contributed by atoms with E-state index in [2.05, 4.69) is 10.2 Å². The number of aryl methyl sites for hydroxylation is 2. The number of hydrogen-bond acceptors (Lipinski definition) is 4. The highest BCUT2D eigenvalue weighted by Gasteiger charge is 2.27. The van der Waals surface area contributed by atoms with Crippen LogP contribution in [-0.2, 0) is 9.59 Å². The highest BCUT2D eigenvalue weighted by molar-refractivity contribution is 6.30. The molecule has 0 aliphatic carbocycles. The summed E-state index contributed by atoms with van der Waals surface area (Å²) >= 11 is 5.98. The van der Waals surface area contributed by atoms with E-state index in [1.165, 1.54) is 0 Å². The highest BCUT2D eigenvalue weighted by Crippen LogP contribution is 2.23. The third-order valence-electron chi connectivity index (χ3n) is 5.72. The van der Waals surface area contributed by atoms with Gasteiger partial charge in [0.2, 0.25) is 5.91 Å². The van der Waals surface area contributed by atoms with Crippen LogP contribution < -0.4 is 10.1 Å². The molecule has 2 aromatic rings. The van der Waals surface area contributed by atoms with Crippen LogP contribution in [0.1, 0.15) is 23.6 Å². The van der Waals surface area contributed by atoms with E-state index in [9.17, 15) is 9.59 Å². The van der Waals surface area contributed by atoms with Crippen molar-refractivity contribution in [3.8, 4) is 5.75 Å². The van der Waals surface area contributed by atoms with Crippen LogP contribution in [0.4, 0.5) is 5.69 Å². The number of hydrogen-bond donors (Lipinski definition) is 1. The van der Waals surface area contributed by atoms with Gasteiger partial charge in [-0.2, -0.15) is 0 Å². The van der Waals surface area contributed by atoms with Gasteiger partial charge in [-0.25, -0.2) is 0 Å². The van der Waals surface area contributed by atoms with Gasteiger partial charge in [0.25, 0.3) is 5.91 Å². The Bertz CT molecular complexity index is 955. The predicted molar refractivity (Wildman–Crippen MR) is 124 cm³/mol. The van der Waals surface area contributed by atoms with Crippen molar-refractivity contribution in [3.05, 3.63) is 58.1 Å². The predicted octanol–water partition coefficient (Wildman–Crippen LogP) is 3.82. The smallest absolute Gasteiger partial charge is 0.263 e. The lowest BCUT2D eigenvalue weighted by molar-refractivity contribution is -0.139. The molecule has 31 heavy (non-hydrogen) atoms. The standard InChI is InChI=1S/C24H30ClN3O3/c1-16-6-5-7-21(18(16)3)26-23(29)15-27-10-12-28(13-11-27)24(30)19(4)31-22-9-8-20(25)14-17(22)2/h5-9,14,19H,10-13,15H2,1-4H3,(H,26,29). The van der Waals surface area contributed by atoms with Crippen LogP contribution >= 0.6 is 11.6 Å². The summed E-state index contributed by atoms with van der Waals surface area (Å²) in [5, 5.41) is 3.64. The minimum absolute atomic E-state index is 0.0385. The Balaban J connectivity index is 1.47. The van der Waals surface area contributed by atoms with Gasteiger partial charge < -0.3 is 15.0 Å². The van der Waals surface area contributed by atoms with Crippen molar-refractivity contribution in [1.82, 2.24) is 9.80 Å². The molecule has 0 radical (unpaired) electrons. The Hall–Kier alpha value is -2.57. The normalized spacial score (nSPS) is 15.5. The van der Waals surface area contributed by atoms with Crippen molar-refractivity contribution in [2.24, 2.45) is 0 Å². The first-order chi connectivity index (χ1) is 14.7. The van der Waals surface area contributed by atoms with E-state index in [1.807, 2.05) is 45.0 Å². The zero-order chi connectivity index (χ0) is 22.5. The van der Waals surface area contributed by atoms with Gasteiger partial charge in [0, 0.05) is 36.9 Å². The van der Waals surface area contributed by atoms with E-state index in [0.717, 1.165) is 22.4 Å². The summed E-state index contributed by atoms with van der Waals surface area (Å²) in [7, 11) is 0. The van der Waals surface area contributed by atoms with E-state index in [0.29, 0.717) is 43.5 Å². The van der Waals surface area contributed by atoms with Crippen LogP contribution in [0.15, 0.2) is 36.4 Å². The van der Waals surface area contributed by atoms with Gasteiger partial charge in [-0.05, 0) is 68.7 Å². The Labute approximate surface area is 189 Å². The summed E-state index contributed by atoms with van der Waals surface area (Å²) < 4.78 is 5.87. The molecule has 0 aromatic heterocycles. The third kappa shape index (κ3) is 5.99. The lowest BCUT2D eigenvalue weighted by atomic mass is 10.1. The largest absolute Gasteiger partial charge is 0.481 e. The molecule has 7 heteroatoms. The topological polar surface area (TPSA) is 61.9 Å². The van der Waals surface area contributed by atoms with Crippen molar-refractivity contribution >= 4 is 29.1 Å². The van der Waals surface area contributed by atoms with Crippen LogP contribution in [0.3, 0.4) is 0 Å². The van der Waals surface area contributed by atoms with Gasteiger partial charge in [0.05, 0.1) is 6.54 Å². The molecular formula is C24H30ClN3O3. The monoisotopic (exact) mass is 443 g/mol. The molecule has 1 saturated heterocycles. The second-order valence-electron chi connectivity index (χ2n) is 8.07. The molecule has 1 N–H and O–H groups in total. The average Bonchev–Trinajstić information content (AvgIpc) is 2.73. The number of nitrogens with zero attached hydrogens (tertiary/aromatic N) is 2. The van der Waals surface area contributed by atoms with E-state index in [1.54, 1.807) is 24.0 Å². The molecule has 3 rings (SSSR count). The minimum Gasteiger partial charge on any atom is -0.481 e. The molecule has 1 aliphatic rings. The van der Waals surface area contributed by atoms with E-state index < -0.39 is 6.10 Å². The molecule has 1 heterocycles. The Kier molecular flexibility index (Phi) is 7.57. The van der Waals surface area contributed by atoms with Gasteiger partial charge in [-0.15, -0.1) is 0 Å². The number of carbonyl (C=O) groups excluding carboxylic acids is 2. The summed E-state index contributed by atoms with van der Waals surface area (Å²) in [6, 6.07) is 11.2. The Morgan fingerprint density at radius 2 is 1.77 bits per heavy atom. The van der Waals surface area contributed by atoms with Crippen molar-refractivity contribution in [2.75, 3.05) is 38.0 Å². The van der Waals surface area contributed by atoms with Gasteiger partial charge in [-0.3, -0.25) is 14.5 Å². The van der Waals surface area contributed by atoms with E-state index >= 15 is 0 Å². The third-order valence-corrected chi connectivity index (χ3v) is 5.95. The van der Waals surface area contributed by atoms with Crippen molar-refractivity contribution < 1.29 is 14.3 Å². The maximum Gasteiger partial charge on any atom is 0.263 e. The first-order valence-electron chi connectivity index (χ1n) is 10.5. The second-order valence-corrected chi connectivity index (χ2v) is 8.50.